The summed E-state index contributed by atoms with van der Waals surface area (Å²) in [6.07, 6.45) is 1.69. The normalized spacial score (nSPS) is 12.5. The smallest absolute Gasteiger partial charge is 0.118 e. The van der Waals surface area contributed by atoms with Gasteiger partial charge in [0.25, 0.3) is 0 Å². The molecule has 0 heterocycles. The van der Waals surface area contributed by atoms with Crippen molar-refractivity contribution >= 4 is 0 Å². The second-order valence-electron chi connectivity index (χ2n) is 3.26. The Labute approximate surface area is 78.7 Å². The highest BCUT2D eigenvalue weighted by Gasteiger charge is 2.07. The largest absolute Gasteiger partial charge is 0.508 e. The van der Waals surface area contributed by atoms with Crippen LogP contribution in [0, 0.1) is 13.8 Å². The van der Waals surface area contributed by atoms with Crippen LogP contribution in [0.3, 0.4) is 0 Å². The molecule has 0 aliphatic carbocycles. The minimum atomic E-state index is -0.153. The summed E-state index contributed by atoms with van der Waals surface area (Å²) in [5, 5.41) is 9.41. The van der Waals surface area contributed by atoms with Gasteiger partial charge >= 0.3 is 0 Å². The zero-order valence-electron chi connectivity index (χ0n) is 8.04. The molecule has 0 amide bonds. The molecule has 0 aliphatic heterocycles. The molecule has 0 aliphatic rings. The predicted molar refractivity (Wildman–Crippen MR) is 54.7 cm³/mol. The van der Waals surface area contributed by atoms with E-state index in [0.29, 0.717) is 5.75 Å². The number of aromatic hydroxyl groups is 1. The topological polar surface area (TPSA) is 46.2 Å². The van der Waals surface area contributed by atoms with Crippen LogP contribution in [0.15, 0.2) is 24.8 Å². The van der Waals surface area contributed by atoms with Crippen molar-refractivity contribution < 1.29 is 5.11 Å². The van der Waals surface area contributed by atoms with Gasteiger partial charge in [-0.25, -0.2) is 0 Å². The lowest BCUT2D eigenvalue weighted by Crippen LogP contribution is -2.08. The van der Waals surface area contributed by atoms with E-state index in [-0.39, 0.29) is 6.04 Å². The Morgan fingerprint density at radius 3 is 2.54 bits per heavy atom. The summed E-state index contributed by atoms with van der Waals surface area (Å²) in [7, 11) is 0. The molecule has 3 N–H and O–H groups in total. The van der Waals surface area contributed by atoms with E-state index < -0.39 is 0 Å². The molecule has 2 heteroatoms. The number of aryl methyl sites for hydroxylation is 2. The van der Waals surface area contributed by atoms with Crippen LogP contribution in [0.2, 0.25) is 0 Å². The van der Waals surface area contributed by atoms with E-state index in [1.807, 2.05) is 19.9 Å². The molecule has 1 rings (SSSR count). The monoisotopic (exact) mass is 177 g/mol. The van der Waals surface area contributed by atoms with Gasteiger partial charge in [0.05, 0.1) is 0 Å². The second kappa shape index (κ2) is 3.62. The number of rotatable bonds is 2. The molecule has 0 saturated carbocycles. The summed E-state index contributed by atoms with van der Waals surface area (Å²) in [4.78, 5) is 0. The zero-order valence-corrected chi connectivity index (χ0v) is 8.04. The van der Waals surface area contributed by atoms with Gasteiger partial charge in [0.2, 0.25) is 0 Å². The first-order valence-corrected chi connectivity index (χ1v) is 4.24. The molecule has 0 fully saturated rings. The summed E-state index contributed by atoms with van der Waals surface area (Å²) >= 11 is 0. The van der Waals surface area contributed by atoms with E-state index in [9.17, 15) is 5.11 Å². The van der Waals surface area contributed by atoms with Crippen molar-refractivity contribution in [3.63, 3.8) is 0 Å². The van der Waals surface area contributed by atoms with Gasteiger partial charge in [0, 0.05) is 6.04 Å². The maximum Gasteiger partial charge on any atom is 0.118 e. The van der Waals surface area contributed by atoms with Crippen LogP contribution in [-0.2, 0) is 0 Å². The summed E-state index contributed by atoms with van der Waals surface area (Å²) in [6, 6.07) is 3.48. The number of benzene rings is 1. The standard InChI is InChI=1S/C11H15NO/c1-4-10(12)9-5-8(3)11(13)6-7(9)2/h4-6,10,13H,1,12H2,2-3H3/t10-/m1/s1. The van der Waals surface area contributed by atoms with Crippen molar-refractivity contribution in [1.82, 2.24) is 0 Å². The van der Waals surface area contributed by atoms with Crippen molar-refractivity contribution in [2.45, 2.75) is 19.9 Å². The Morgan fingerprint density at radius 1 is 1.38 bits per heavy atom. The first-order valence-electron chi connectivity index (χ1n) is 4.24. The second-order valence-corrected chi connectivity index (χ2v) is 3.26. The van der Waals surface area contributed by atoms with Crippen LogP contribution in [0.4, 0.5) is 0 Å². The quantitative estimate of drug-likeness (QED) is 0.680. The number of nitrogens with two attached hydrogens (primary N) is 1. The van der Waals surface area contributed by atoms with Gasteiger partial charge in [-0.3, -0.25) is 0 Å². The summed E-state index contributed by atoms with van der Waals surface area (Å²) in [5.74, 6) is 0.317. The number of hydrogen-bond donors (Lipinski definition) is 2. The van der Waals surface area contributed by atoms with Gasteiger partial charge in [-0.1, -0.05) is 12.1 Å². The molecule has 70 valence electrons. The van der Waals surface area contributed by atoms with Crippen molar-refractivity contribution in [3.05, 3.63) is 41.5 Å². The molecule has 1 atom stereocenters. The maximum atomic E-state index is 9.41. The minimum absolute atomic E-state index is 0.153. The van der Waals surface area contributed by atoms with Gasteiger partial charge in [0.1, 0.15) is 5.75 Å². The first kappa shape index (κ1) is 9.81. The molecule has 2 nitrogen and oxygen atoms in total. The predicted octanol–water partition coefficient (Wildman–Crippen LogP) is 2.19. The highest BCUT2D eigenvalue weighted by molar-refractivity contribution is 5.42. The van der Waals surface area contributed by atoms with Crippen LogP contribution in [0.25, 0.3) is 0 Å². The molecular formula is C11H15NO. The zero-order chi connectivity index (χ0) is 10.0. The molecule has 0 radical (unpaired) electrons. The van der Waals surface area contributed by atoms with Crippen molar-refractivity contribution in [2.24, 2.45) is 5.73 Å². The average Bonchev–Trinajstić information content (AvgIpc) is 2.10. The first-order chi connectivity index (χ1) is 6.06. The van der Waals surface area contributed by atoms with Gasteiger partial charge in [-0.2, -0.15) is 0 Å². The third-order valence-electron chi connectivity index (χ3n) is 2.20. The fraction of sp³-hybridized carbons (Fsp3) is 0.273. The van der Waals surface area contributed by atoms with Crippen LogP contribution >= 0.6 is 0 Å². The van der Waals surface area contributed by atoms with Crippen LogP contribution in [0.5, 0.6) is 5.75 Å². The van der Waals surface area contributed by atoms with Gasteiger partial charge in [0.15, 0.2) is 0 Å². The van der Waals surface area contributed by atoms with Crippen molar-refractivity contribution in [3.8, 4) is 5.75 Å². The lowest BCUT2D eigenvalue weighted by atomic mass is 9.99. The van der Waals surface area contributed by atoms with Crippen LogP contribution in [0.1, 0.15) is 22.7 Å². The molecule has 0 spiro atoms. The van der Waals surface area contributed by atoms with E-state index in [0.717, 1.165) is 16.7 Å². The third-order valence-corrected chi connectivity index (χ3v) is 2.20. The van der Waals surface area contributed by atoms with Gasteiger partial charge < -0.3 is 10.8 Å². The van der Waals surface area contributed by atoms with Crippen molar-refractivity contribution in [1.29, 1.82) is 0 Å². The van der Waals surface area contributed by atoms with E-state index in [1.165, 1.54) is 0 Å². The molecular weight excluding hydrogens is 162 g/mol. The fourth-order valence-corrected chi connectivity index (χ4v) is 1.31. The molecule has 0 saturated heterocycles. The molecule has 1 aromatic rings. The Balaban J connectivity index is 3.22. The lowest BCUT2D eigenvalue weighted by Gasteiger charge is -2.12. The molecule has 0 aromatic heterocycles. The highest BCUT2D eigenvalue weighted by atomic mass is 16.3. The van der Waals surface area contributed by atoms with E-state index in [1.54, 1.807) is 12.1 Å². The lowest BCUT2D eigenvalue weighted by molar-refractivity contribution is 0.470. The molecule has 1 aromatic carbocycles. The van der Waals surface area contributed by atoms with Crippen LogP contribution < -0.4 is 5.73 Å². The molecule has 0 bridgehead atoms. The Hall–Kier alpha value is -1.28. The molecule has 13 heavy (non-hydrogen) atoms. The average molecular weight is 177 g/mol. The van der Waals surface area contributed by atoms with E-state index in [2.05, 4.69) is 6.58 Å². The van der Waals surface area contributed by atoms with E-state index in [4.69, 9.17) is 5.73 Å². The third kappa shape index (κ3) is 1.90. The fourth-order valence-electron chi connectivity index (χ4n) is 1.31. The van der Waals surface area contributed by atoms with Gasteiger partial charge in [-0.15, -0.1) is 6.58 Å². The van der Waals surface area contributed by atoms with E-state index >= 15 is 0 Å². The highest BCUT2D eigenvalue weighted by Crippen LogP contribution is 2.24. The SMILES string of the molecule is C=C[C@@H](N)c1cc(C)c(O)cc1C. The number of hydrogen-bond acceptors (Lipinski definition) is 2. The van der Waals surface area contributed by atoms with Crippen LogP contribution in [-0.4, -0.2) is 5.11 Å². The minimum Gasteiger partial charge on any atom is -0.508 e. The van der Waals surface area contributed by atoms with Gasteiger partial charge in [-0.05, 0) is 36.6 Å². The maximum absolute atomic E-state index is 9.41. The Bertz CT molecular complexity index is 331. The summed E-state index contributed by atoms with van der Waals surface area (Å²) in [5.41, 5.74) is 8.67. The summed E-state index contributed by atoms with van der Waals surface area (Å²) < 4.78 is 0. The van der Waals surface area contributed by atoms with Crippen molar-refractivity contribution in [2.75, 3.05) is 0 Å². The number of phenolic OH excluding ortho intramolecular Hbond substituents is 1. The summed E-state index contributed by atoms with van der Waals surface area (Å²) in [6.45, 7) is 7.43. The Morgan fingerprint density at radius 2 is 2.00 bits per heavy atom. The number of phenols is 1. The molecule has 0 unspecified atom stereocenters. The Kier molecular flexibility index (Phi) is 2.73.